The molecule has 0 aliphatic rings. The van der Waals surface area contributed by atoms with E-state index in [1.165, 1.54) is 0 Å². The van der Waals surface area contributed by atoms with Crippen molar-refractivity contribution in [2.75, 3.05) is 0 Å². The third-order valence-corrected chi connectivity index (χ3v) is 1.48. The van der Waals surface area contributed by atoms with Gasteiger partial charge in [0.2, 0.25) is 0 Å². The standard InChI is InChI=1S/C7H14O2.C3H6/c1-3-5-6(4-2)7(8)9;1-3-2/h6H,3-5H2,1-2H3,(H,8,9);3H,1H2,2H3. The van der Waals surface area contributed by atoms with Crippen LogP contribution >= 0.6 is 0 Å². The molecule has 0 spiro atoms. The van der Waals surface area contributed by atoms with Crippen LogP contribution in [0.25, 0.3) is 0 Å². The zero-order valence-corrected chi connectivity index (χ0v) is 8.34. The first-order chi connectivity index (χ1) is 5.63. The second kappa shape index (κ2) is 10.2. The van der Waals surface area contributed by atoms with Gasteiger partial charge < -0.3 is 5.11 Å². The molecule has 0 heterocycles. The lowest BCUT2D eigenvalue weighted by Gasteiger charge is -2.05. The van der Waals surface area contributed by atoms with E-state index in [1.54, 1.807) is 6.08 Å². The normalized spacial score (nSPS) is 10.9. The number of carbonyl (C=O) groups is 1. The molecule has 0 saturated carbocycles. The van der Waals surface area contributed by atoms with Crippen molar-refractivity contribution in [3.63, 3.8) is 0 Å². The Balaban J connectivity index is 0. The Labute approximate surface area is 75.3 Å². The Hall–Kier alpha value is -0.790. The van der Waals surface area contributed by atoms with Crippen molar-refractivity contribution in [1.29, 1.82) is 0 Å². The average molecular weight is 172 g/mol. The number of carboxylic acids is 1. The van der Waals surface area contributed by atoms with Crippen molar-refractivity contribution in [2.24, 2.45) is 5.92 Å². The molecular weight excluding hydrogens is 152 g/mol. The quantitative estimate of drug-likeness (QED) is 0.662. The van der Waals surface area contributed by atoms with Crippen LogP contribution in [0.1, 0.15) is 40.0 Å². The van der Waals surface area contributed by atoms with Gasteiger partial charge >= 0.3 is 5.97 Å². The third-order valence-electron chi connectivity index (χ3n) is 1.48. The Morgan fingerprint density at radius 2 is 2.00 bits per heavy atom. The van der Waals surface area contributed by atoms with Gasteiger partial charge in [-0.15, -0.1) is 6.58 Å². The number of hydrogen-bond acceptors (Lipinski definition) is 1. The third kappa shape index (κ3) is 9.21. The summed E-state index contributed by atoms with van der Waals surface area (Å²) < 4.78 is 0. The maximum absolute atomic E-state index is 10.3. The van der Waals surface area contributed by atoms with Gasteiger partial charge in [-0.1, -0.05) is 26.3 Å². The lowest BCUT2D eigenvalue weighted by Crippen LogP contribution is -2.11. The minimum Gasteiger partial charge on any atom is -0.481 e. The summed E-state index contributed by atoms with van der Waals surface area (Å²) in [6, 6.07) is 0. The molecule has 2 nitrogen and oxygen atoms in total. The summed E-state index contributed by atoms with van der Waals surface area (Å²) in [4.78, 5) is 10.3. The maximum Gasteiger partial charge on any atom is 0.306 e. The Morgan fingerprint density at radius 3 is 2.08 bits per heavy atom. The molecule has 0 aliphatic carbocycles. The molecule has 1 atom stereocenters. The number of carboxylic acid groups (broad SMARTS) is 1. The van der Waals surface area contributed by atoms with Crippen molar-refractivity contribution in [2.45, 2.75) is 40.0 Å². The van der Waals surface area contributed by atoms with E-state index in [0.717, 1.165) is 19.3 Å². The maximum atomic E-state index is 10.3. The summed E-state index contributed by atoms with van der Waals surface area (Å²) in [6.07, 6.45) is 4.28. The highest BCUT2D eigenvalue weighted by molar-refractivity contribution is 5.69. The van der Waals surface area contributed by atoms with E-state index in [4.69, 9.17) is 5.11 Å². The van der Waals surface area contributed by atoms with Gasteiger partial charge in [0.1, 0.15) is 0 Å². The second-order valence-corrected chi connectivity index (χ2v) is 2.64. The van der Waals surface area contributed by atoms with Crippen LogP contribution < -0.4 is 0 Å². The van der Waals surface area contributed by atoms with Crippen molar-refractivity contribution in [3.05, 3.63) is 12.7 Å². The van der Waals surface area contributed by atoms with Crippen molar-refractivity contribution in [1.82, 2.24) is 0 Å². The van der Waals surface area contributed by atoms with Crippen LogP contribution in [0.5, 0.6) is 0 Å². The predicted molar refractivity (Wildman–Crippen MR) is 52.2 cm³/mol. The molecule has 0 fully saturated rings. The smallest absolute Gasteiger partial charge is 0.306 e. The summed E-state index contributed by atoms with van der Waals surface area (Å²) in [7, 11) is 0. The first-order valence-corrected chi connectivity index (χ1v) is 4.43. The molecule has 0 rings (SSSR count). The molecule has 1 unspecified atom stereocenters. The Bertz CT molecular complexity index is 119. The van der Waals surface area contributed by atoms with E-state index >= 15 is 0 Å². The molecule has 0 amide bonds. The number of allylic oxidation sites excluding steroid dienone is 1. The van der Waals surface area contributed by atoms with Crippen LogP contribution in [-0.4, -0.2) is 11.1 Å². The highest BCUT2D eigenvalue weighted by atomic mass is 16.4. The van der Waals surface area contributed by atoms with E-state index in [-0.39, 0.29) is 5.92 Å². The summed E-state index contributed by atoms with van der Waals surface area (Å²) in [5.41, 5.74) is 0. The van der Waals surface area contributed by atoms with E-state index in [1.807, 2.05) is 20.8 Å². The zero-order chi connectivity index (χ0) is 9.98. The molecule has 72 valence electrons. The summed E-state index contributed by atoms with van der Waals surface area (Å²) in [5, 5.41) is 8.50. The molecule has 0 aromatic carbocycles. The number of aliphatic carboxylic acids is 1. The zero-order valence-electron chi connectivity index (χ0n) is 8.34. The van der Waals surface area contributed by atoms with Crippen molar-refractivity contribution in [3.8, 4) is 0 Å². The van der Waals surface area contributed by atoms with E-state index < -0.39 is 5.97 Å². The van der Waals surface area contributed by atoms with E-state index in [2.05, 4.69) is 6.58 Å². The lowest BCUT2D eigenvalue weighted by molar-refractivity contribution is -0.142. The molecule has 1 N–H and O–H groups in total. The molecule has 0 aliphatic heterocycles. The molecule has 0 aromatic heterocycles. The SMILES string of the molecule is C=CC.CCCC(CC)C(=O)O. The number of hydrogen-bond donors (Lipinski definition) is 1. The molecule has 0 bridgehead atoms. The van der Waals surface area contributed by atoms with Gasteiger partial charge in [-0.3, -0.25) is 4.79 Å². The topological polar surface area (TPSA) is 37.3 Å². The van der Waals surface area contributed by atoms with Crippen LogP contribution in [0.2, 0.25) is 0 Å². The fourth-order valence-electron chi connectivity index (χ4n) is 0.851. The summed E-state index contributed by atoms with van der Waals surface area (Å²) in [6.45, 7) is 9.17. The van der Waals surface area contributed by atoms with Crippen LogP contribution in [0.15, 0.2) is 12.7 Å². The van der Waals surface area contributed by atoms with E-state index in [0.29, 0.717) is 0 Å². The van der Waals surface area contributed by atoms with Crippen LogP contribution in [-0.2, 0) is 4.79 Å². The first kappa shape index (κ1) is 13.8. The van der Waals surface area contributed by atoms with Gasteiger partial charge in [0.25, 0.3) is 0 Å². The first-order valence-electron chi connectivity index (χ1n) is 4.43. The number of rotatable bonds is 4. The molecule has 0 saturated heterocycles. The fourth-order valence-corrected chi connectivity index (χ4v) is 0.851. The highest BCUT2D eigenvalue weighted by Crippen LogP contribution is 2.09. The van der Waals surface area contributed by atoms with Crippen LogP contribution in [0.4, 0.5) is 0 Å². The predicted octanol–water partition coefficient (Wildman–Crippen LogP) is 3.09. The lowest BCUT2D eigenvalue weighted by atomic mass is 10.0. The summed E-state index contributed by atoms with van der Waals surface area (Å²) in [5.74, 6) is -0.769. The average Bonchev–Trinajstić information content (AvgIpc) is 2.01. The van der Waals surface area contributed by atoms with Gasteiger partial charge in [0.05, 0.1) is 5.92 Å². The largest absolute Gasteiger partial charge is 0.481 e. The van der Waals surface area contributed by atoms with E-state index in [9.17, 15) is 4.79 Å². The molecule has 0 radical (unpaired) electrons. The monoisotopic (exact) mass is 172 g/mol. The van der Waals surface area contributed by atoms with Crippen molar-refractivity contribution < 1.29 is 9.90 Å². The van der Waals surface area contributed by atoms with Crippen LogP contribution in [0.3, 0.4) is 0 Å². The van der Waals surface area contributed by atoms with Gasteiger partial charge in [-0.2, -0.15) is 0 Å². The van der Waals surface area contributed by atoms with Crippen LogP contribution in [0, 0.1) is 5.92 Å². The molecule has 2 heteroatoms. The fraction of sp³-hybridized carbons (Fsp3) is 0.700. The van der Waals surface area contributed by atoms with Gasteiger partial charge in [-0.25, -0.2) is 0 Å². The van der Waals surface area contributed by atoms with Gasteiger partial charge in [0.15, 0.2) is 0 Å². The second-order valence-electron chi connectivity index (χ2n) is 2.64. The molecular formula is C10H20O2. The summed E-state index contributed by atoms with van der Waals surface area (Å²) >= 11 is 0. The minimum absolute atomic E-state index is 0.116. The molecule has 12 heavy (non-hydrogen) atoms. The van der Waals surface area contributed by atoms with Gasteiger partial charge in [0, 0.05) is 0 Å². The Kier molecular flexibility index (Phi) is 11.7. The molecule has 0 aromatic rings. The van der Waals surface area contributed by atoms with Crippen molar-refractivity contribution >= 4 is 5.97 Å². The Morgan fingerprint density at radius 1 is 1.58 bits per heavy atom. The van der Waals surface area contributed by atoms with Gasteiger partial charge in [-0.05, 0) is 19.8 Å². The minimum atomic E-state index is -0.653. The highest BCUT2D eigenvalue weighted by Gasteiger charge is 2.12.